The average Bonchev–Trinajstić information content (AvgIpc) is 3.39. The number of hydrogen-bond acceptors (Lipinski definition) is 5. The number of fused-ring (bicyclic) bond motifs is 1. The standard InChI is InChI=1S/C27H29F2N5O2/c1-16-23(17(2)36-33-16)19-11-22-24(32-13-19)20(18-5-6-21(31-12-18)25(35)30-4)14-34(22)15-27(29)9-7-26(3,28)8-10-27/h5-6,11-14H,7-10,15H2,1-4H3,(H,30,35). The molecule has 0 atom stereocenters. The highest BCUT2D eigenvalue weighted by Crippen LogP contribution is 2.42. The van der Waals surface area contributed by atoms with Crippen molar-refractivity contribution in [3.05, 3.63) is 53.9 Å². The highest BCUT2D eigenvalue weighted by Gasteiger charge is 2.41. The first-order valence-electron chi connectivity index (χ1n) is 12.1. The fourth-order valence-corrected chi connectivity index (χ4v) is 5.04. The lowest BCUT2D eigenvalue weighted by Crippen LogP contribution is -2.38. The highest BCUT2D eigenvalue weighted by molar-refractivity contribution is 5.96. The van der Waals surface area contributed by atoms with E-state index in [0.29, 0.717) is 17.0 Å². The van der Waals surface area contributed by atoms with Crippen molar-refractivity contribution in [1.82, 2.24) is 25.0 Å². The third-order valence-corrected chi connectivity index (χ3v) is 7.22. The fraction of sp³-hybridized carbons (Fsp3) is 0.407. The van der Waals surface area contributed by atoms with E-state index in [2.05, 4.69) is 15.5 Å². The zero-order valence-electron chi connectivity index (χ0n) is 20.9. The Morgan fingerprint density at radius 1 is 1.11 bits per heavy atom. The average molecular weight is 494 g/mol. The second kappa shape index (κ2) is 8.80. The number of aryl methyl sites for hydroxylation is 2. The van der Waals surface area contributed by atoms with E-state index in [1.807, 2.05) is 30.7 Å². The van der Waals surface area contributed by atoms with Gasteiger partial charge in [0.2, 0.25) is 0 Å². The molecule has 0 spiro atoms. The molecule has 1 aliphatic carbocycles. The van der Waals surface area contributed by atoms with Gasteiger partial charge in [0.25, 0.3) is 5.91 Å². The summed E-state index contributed by atoms with van der Waals surface area (Å²) < 4.78 is 37.5. The van der Waals surface area contributed by atoms with Gasteiger partial charge in [0.1, 0.15) is 22.8 Å². The molecule has 7 nitrogen and oxygen atoms in total. The molecule has 4 heterocycles. The highest BCUT2D eigenvalue weighted by atomic mass is 19.1. The number of amides is 1. The van der Waals surface area contributed by atoms with Gasteiger partial charge in [-0.05, 0) is 58.6 Å². The molecule has 0 aromatic carbocycles. The molecule has 188 valence electrons. The SMILES string of the molecule is CNC(=O)c1ccc(-c2cn(CC3(F)CCC(C)(F)CC3)c3cc(-c4c(C)noc4C)cnc23)cn1. The second-order valence-corrected chi connectivity index (χ2v) is 10.0. The Labute approximate surface area is 207 Å². The number of pyridine rings is 2. The second-order valence-electron chi connectivity index (χ2n) is 10.0. The summed E-state index contributed by atoms with van der Waals surface area (Å²) in [6, 6.07) is 5.42. The van der Waals surface area contributed by atoms with Crippen molar-refractivity contribution in [3.63, 3.8) is 0 Å². The third kappa shape index (κ3) is 4.38. The van der Waals surface area contributed by atoms with Crippen LogP contribution in [0.3, 0.4) is 0 Å². The maximum Gasteiger partial charge on any atom is 0.269 e. The summed E-state index contributed by atoms with van der Waals surface area (Å²) in [5.74, 6) is 0.403. The van der Waals surface area contributed by atoms with Crippen molar-refractivity contribution in [3.8, 4) is 22.3 Å². The van der Waals surface area contributed by atoms with Crippen LogP contribution >= 0.6 is 0 Å². The summed E-state index contributed by atoms with van der Waals surface area (Å²) in [7, 11) is 1.55. The molecule has 9 heteroatoms. The van der Waals surface area contributed by atoms with Gasteiger partial charge < -0.3 is 14.4 Å². The maximum absolute atomic E-state index is 15.9. The van der Waals surface area contributed by atoms with Crippen LogP contribution in [0.2, 0.25) is 0 Å². The van der Waals surface area contributed by atoms with Gasteiger partial charge in [0.05, 0.1) is 23.3 Å². The van der Waals surface area contributed by atoms with E-state index >= 15 is 4.39 Å². The third-order valence-electron chi connectivity index (χ3n) is 7.22. The number of aromatic nitrogens is 4. The maximum atomic E-state index is 15.9. The Balaban J connectivity index is 1.61. The minimum atomic E-state index is -1.52. The minimum absolute atomic E-state index is 0.0933. The first kappa shape index (κ1) is 24.1. The molecule has 0 unspecified atom stereocenters. The van der Waals surface area contributed by atoms with Gasteiger partial charge in [0.15, 0.2) is 0 Å². The molecule has 1 aliphatic rings. The molecular formula is C27H29F2N5O2. The molecule has 36 heavy (non-hydrogen) atoms. The van der Waals surface area contributed by atoms with Crippen molar-refractivity contribution in [2.45, 2.75) is 64.3 Å². The van der Waals surface area contributed by atoms with Gasteiger partial charge in [-0.3, -0.25) is 14.8 Å². The van der Waals surface area contributed by atoms with Crippen LogP contribution in [0, 0.1) is 13.8 Å². The predicted molar refractivity (Wildman–Crippen MR) is 133 cm³/mol. The number of nitrogens with one attached hydrogen (secondary N) is 1. The Morgan fingerprint density at radius 2 is 1.83 bits per heavy atom. The molecule has 4 aromatic heterocycles. The number of hydrogen-bond donors (Lipinski definition) is 1. The molecular weight excluding hydrogens is 464 g/mol. The van der Waals surface area contributed by atoms with Gasteiger partial charge in [-0.2, -0.15) is 0 Å². The van der Waals surface area contributed by atoms with Gasteiger partial charge in [-0.25, -0.2) is 8.78 Å². The van der Waals surface area contributed by atoms with Gasteiger partial charge in [-0.1, -0.05) is 11.2 Å². The van der Waals surface area contributed by atoms with Gasteiger partial charge >= 0.3 is 0 Å². The number of halogens is 2. The number of nitrogens with zero attached hydrogens (tertiary/aromatic N) is 4. The zero-order chi connectivity index (χ0) is 25.7. The monoisotopic (exact) mass is 493 g/mol. The Morgan fingerprint density at radius 3 is 2.44 bits per heavy atom. The molecule has 0 saturated heterocycles. The van der Waals surface area contributed by atoms with E-state index in [4.69, 9.17) is 9.51 Å². The minimum Gasteiger partial charge on any atom is -0.361 e. The van der Waals surface area contributed by atoms with E-state index in [1.54, 1.807) is 38.5 Å². The Kier molecular flexibility index (Phi) is 5.89. The van der Waals surface area contributed by atoms with E-state index in [0.717, 1.165) is 33.5 Å². The van der Waals surface area contributed by atoms with Crippen molar-refractivity contribution in [1.29, 1.82) is 0 Å². The van der Waals surface area contributed by atoms with E-state index < -0.39 is 11.3 Å². The van der Waals surface area contributed by atoms with Crippen LogP contribution in [0.15, 0.2) is 41.3 Å². The lowest BCUT2D eigenvalue weighted by molar-refractivity contribution is 0.0132. The Bertz CT molecular complexity index is 1410. The number of carbonyl (C=O) groups excluding carboxylic acids is 1. The molecule has 4 aromatic rings. The lowest BCUT2D eigenvalue weighted by atomic mass is 9.79. The van der Waals surface area contributed by atoms with E-state index in [9.17, 15) is 9.18 Å². The largest absolute Gasteiger partial charge is 0.361 e. The molecule has 0 aliphatic heterocycles. The van der Waals surface area contributed by atoms with Crippen LogP contribution in [-0.2, 0) is 6.54 Å². The van der Waals surface area contributed by atoms with Crippen molar-refractivity contribution < 1.29 is 18.1 Å². The zero-order valence-corrected chi connectivity index (χ0v) is 20.9. The summed E-state index contributed by atoms with van der Waals surface area (Å²) in [4.78, 5) is 20.9. The number of carbonyl (C=O) groups is 1. The first-order chi connectivity index (χ1) is 17.1. The van der Waals surface area contributed by atoms with Crippen molar-refractivity contribution >= 4 is 16.9 Å². The molecule has 1 N–H and O–H groups in total. The van der Waals surface area contributed by atoms with Crippen LogP contribution in [0.25, 0.3) is 33.3 Å². The molecule has 1 amide bonds. The number of rotatable bonds is 5. The first-order valence-corrected chi connectivity index (χ1v) is 12.1. The summed E-state index contributed by atoms with van der Waals surface area (Å²) in [6.07, 6.45) is 5.97. The van der Waals surface area contributed by atoms with Crippen LogP contribution < -0.4 is 5.32 Å². The normalized spacial score (nSPS) is 22.2. The molecule has 0 radical (unpaired) electrons. The van der Waals surface area contributed by atoms with Crippen LogP contribution in [-0.4, -0.2) is 44.0 Å². The molecule has 0 bridgehead atoms. The molecule has 1 fully saturated rings. The van der Waals surface area contributed by atoms with Crippen molar-refractivity contribution in [2.24, 2.45) is 0 Å². The lowest BCUT2D eigenvalue weighted by Gasteiger charge is -2.36. The van der Waals surface area contributed by atoms with Crippen molar-refractivity contribution in [2.75, 3.05) is 7.05 Å². The van der Waals surface area contributed by atoms with Gasteiger partial charge in [0, 0.05) is 47.9 Å². The van der Waals surface area contributed by atoms with Crippen LogP contribution in [0.1, 0.15) is 54.5 Å². The van der Waals surface area contributed by atoms with Gasteiger partial charge in [-0.15, -0.1) is 0 Å². The molecule has 5 rings (SSSR count). The smallest absolute Gasteiger partial charge is 0.269 e. The quantitative estimate of drug-likeness (QED) is 0.383. The molecule has 1 saturated carbocycles. The predicted octanol–water partition coefficient (Wildman–Crippen LogP) is 5.74. The topological polar surface area (TPSA) is 85.8 Å². The summed E-state index contributed by atoms with van der Waals surface area (Å²) >= 11 is 0. The summed E-state index contributed by atoms with van der Waals surface area (Å²) in [6.45, 7) is 5.35. The summed E-state index contributed by atoms with van der Waals surface area (Å²) in [5, 5.41) is 6.61. The van der Waals surface area contributed by atoms with E-state index in [1.165, 1.54) is 0 Å². The van der Waals surface area contributed by atoms with Crippen LogP contribution in [0.5, 0.6) is 0 Å². The Hall–Kier alpha value is -3.62. The van der Waals surface area contributed by atoms with Crippen LogP contribution in [0.4, 0.5) is 8.78 Å². The number of alkyl halides is 2. The van der Waals surface area contributed by atoms with E-state index in [-0.39, 0.29) is 38.1 Å². The summed E-state index contributed by atoms with van der Waals surface area (Å²) in [5.41, 5.74) is 2.87. The fourth-order valence-electron chi connectivity index (χ4n) is 5.04.